The summed E-state index contributed by atoms with van der Waals surface area (Å²) in [5, 5.41) is 2.20. The van der Waals surface area contributed by atoms with Gasteiger partial charge in [-0.2, -0.15) is 18.2 Å². The van der Waals surface area contributed by atoms with Gasteiger partial charge in [-0.3, -0.25) is 0 Å². The number of aromatic amines is 1. The number of anilines is 1. The summed E-state index contributed by atoms with van der Waals surface area (Å²) >= 11 is 0. The molecule has 0 aliphatic carbocycles. The number of imidazole rings is 1. The number of aromatic nitrogens is 3. The van der Waals surface area contributed by atoms with Gasteiger partial charge in [0.2, 0.25) is 5.95 Å². The zero-order chi connectivity index (χ0) is 21.8. The molecule has 0 spiro atoms. The van der Waals surface area contributed by atoms with Crippen LogP contribution in [0.3, 0.4) is 0 Å². The second kappa shape index (κ2) is 6.69. The van der Waals surface area contributed by atoms with Crippen LogP contribution in [0, 0.1) is 12.7 Å². The van der Waals surface area contributed by atoms with Gasteiger partial charge in [0.15, 0.2) is 26.6 Å². The molecule has 0 fully saturated rings. The lowest BCUT2D eigenvalue weighted by molar-refractivity contribution is -0.147. The first-order valence-corrected chi connectivity index (χ1v) is 10.4. The monoisotopic (exact) mass is 442 g/mol. The minimum absolute atomic E-state index is 0.0650. The van der Waals surface area contributed by atoms with Gasteiger partial charge >= 0.3 is 6.18 Å². The Morgan fingerprint density at radius 2 is 1.90 bits per heavy atom. The molecule has 0 saturated carbocycles. The third-order valence-electron chi connectivity index (χ3n) is 4.51. The van der Waals surface area contributed by atoms with Crippen LogP contribution in [0.4, 0.5) is 23.5 Å². The van der Waals surface area contributed by atoms with E-state index in [4.69, 9.17) is 4.42 Å². The maximum atomic E-state index is 13.8. The van der Waals surface area contributed by atoms with Gasteiger partial charge in [0, 0.05) is 17.2 Å². The van der Waals surface area contributed by atoms with E-state index < -0.39 is 33.6 Å². The Morgan fingerprint density at radius 3 is 2.57 bits per heavy atom. The quantitative estimate of drug-likeness (QED) is 0.458. The molecule has 7 nitrogen and oxygen atoms in total. The van der Waals surface area contributed by atoms with Crippen molar-refractivity contribution in [3.8, 4) is 0 Å². The molecule has 0 radical (unpaired) electrons. The highest BCUT2D eigenvalue weighted by Crippen LogP contribution is 2.40. The smallest absolute Gasteiger partial charge is 0.415 e. The number of hydrogen-bond donors (Lipinski definition) is 2. The van der Waals surface area contributed by atoms with Crippen molar-refractivity contribution in [2.45, 2.75) is 24.2 Å². The highest BCUT2D eigenvalue weighted by atomic mass is 32.2. The lowest BCUT2D eigenvalue weighted by atomic mass is 10.1. The number of H-pyrrole nitrogens is 1. The molecule has 0 amide bonds. The lowest BCUT2D eigenvalue weighted by Crippen LogP contribution is -2.28. The van der Waals surface area contributed by atoms with E-state index in [9.17, 15) is 26.0 Å². The van der Waals surface area contributed by atoms with Crippen molar-refractivity contribution in [3.05, 3.63) is 47.5 Å². The van der Waals surface area contributed by atoms with Gasteiger partial charge in [-0.15, -0.1) is 0 Å². The topological polar surface area (TPSA) is 101 Å². The van der Waals surface area contributed by atoms with E-state index >= 15 is 0 Å². The van der Waals surface area contributed by atoms with Crippen LogP contribution in [0.25, 0.3) is 22.1 Å². The first kappa shape index (κ1) is 20.1. The molecule has 0 saturated heterocycles. The highest BCUT2D eigenvalue weighted by molar-refractivity contribution is 7.90. The number of rotatable bonds is 4. The first-order chi connectivity index (χ1) is 13.9. The third-order valence-corrected chi connectivity index (χ3v) is 5.49. The summed E-state index contributed by atoms with van der Waals surface area (Å²) in [6, 6.07) is 3.74. The van der Waals surface area contributed by atoms with E-state index in [2.05, 4.69) is 20.3 Å². The second-order valence-corrected chi connectivity index (χ2v) is 8.69. The van der Waals surface area contributed by atoms with Crippen LogP contribution in [0.15, 0.2) is 39.8 Å². The Bertz CT molecular complexity index is 1380. The number of nitrogens with one attached hydrogen (secondary N) is 2. The molecule has 1 aromatic carbocycles. The second-order valence-electron chi connectivity index (χ2n) is 6.73. The number of fused-ring (bicyclic) bond motifs is 2. The molecule has 12 heteroatoms. The number of alkyl halides is 3. The Morgan fingerprint density at radius 1 is 1.17 bits per heavy atom. The van der Waals surface area contributed by atoms with Crippen LogP contribution < -0.4 is 5.32 Å². The predicted molar refractivity (Wildman–Crippen MR) is 100 cm³/mol. The predicted octanol–water partition coefficient (Wildman–Crippen LogP) is 4.27. The number of nitrogens with zero attached hydrogens (tertiary/aromatic N) is 2. The molecule has 0 aliphatic heterocycles. The molecule has 4 rings (SSSR count). The highest BCUT2D eigenvalue weighted by Gasteiger charge is 2.45. The molecule has 3 heterocycles. The number of benzene rings is 1. The number of pyridine rings is 1. The third kappa shape index (κ3) is 3.58. The van der Waals surface area contributed by atoms with Crippen LogP contribution in [0.5, 0.6) is 0 Å². The van der Waals surface area contributed by atoms with Gasteiger partial charge in [-0.25, -0.2) is 17.8 Å². The SMILES string of the molecule is Cc1c([C@H](Nc2nc3nc(S(C)(=O)=O)ccc3[nH]2)C(F)(F)F)oc2ccc(F)cc12. The number of aryl methyl sites for hydroxylation is 1. The zero-order valence-electron chi connectivity index (χ0n) is 15.5. The van der Waals surface area contributed by atoms with Crippen molar-refractivity contribution >= 4 is 37.9 Å². The van der Waals surface area contributed by atoms with Crippen molar-refractivity contribution in [1.29, 1.82) is 0 Å². The Labute approximate surface area is 167 Å². The van der Waals surface area contributed by atoms with E-state index in [1.165, 1.54) is 25.1 Å². The fourth-order valence-corrected chi connectivity index (χ4v) is 3.64. The van der Waals surface area contributed by atoms with Crippen LogP contribution >= 0.6 is 0 Å². The maximum absolute atomic E-state index is 13.8. The van der Waals surface area contributed by atoms with E-state index in [-0.39, 0.29) is 38.7 Å². The summed E-state index contributed by atoms with van der Waals surface area (Å²) in [6.07, 6.45) is -3.82. The van der Waals surface area contributed by atoms with Crippen LogP contribution in [-0.4, -0.2) is 35.8 Å². The van der Waals surface area contributed by atoms with Gasteiger partial charge in [0.25, 0.3) is 0 Å². The summed E-state index contributed by atoms with van der Waals surface area (Å²) < 4.78 is 83.6. The van der Waals surface area contributed by atoms with Crippen molar-refractivity contribution < 1.29 is 30.4 Å². The van der Waals surface area contributed by atoms with Gasteiger partial charge in [-0.05, 0) is 37.3 Å². The Hall–Kier alpha value is -3.15. The largest absolute Gasteiger partial charge is 0.458 e. The number of hydrogen-bond acceptors (Lipinski definition) is 6. The van der Waals surface area contributed by atoms with Crippen molar-refractivity contribution in [3.63, 3.8) is 0 Å². The standard InChI is InChI=1S/C18H14F4N4O3S/c1-8-10-7-9(19)3-5-12(10)29-14(8)15(18(20,21)22)25-17-23-11-4-6-13(30(2,27)28)24-16(11)26-17/h3-7,15H,1-2H3,(H2,23,24,25,26)/t15-/m0/s1. The number of sulfone groups is 1. The van der Waals surface area contributed by atoms with Crippen molar-refractivity contribution in [1.82, 2.24) is 15.0 Å². The molecule has 0 aliphatic rings. The lowest BCUT2D eigenvalue weighted by Gasteiger charge is -2.20. The van der Waals surface area contributed by atoms with E-state index in [1.807, 2.05) is 0 Å². The summed E-state index contributed by atoms with van der Waals surface area (Å²) in [7, 11) is -3.61. The number of halogens is 4. The van der Waals surface area contributed by atoms with E-state index in [0.29, 0.717) is 0 Å². The molecule has 4 aromatic rings. The zero-order valence-corrected chi connectivity index (χ0v) is 16.3. The van der Waals surface area contributed by atoms with Gasteiger partial charge in [0.05, 0.1) is 5.52 Å². The van der Waals surface area contributed by atoms with Crippen molar-refractivity contribution in [2.75, 3.05) is 11.6 Å². The molecule has 0 unspecified atom stereocenters. The average molecular weight is 442 g/mol. The molecular formula is C18H14F4N4O3S. The van der Waals surface area contributed by atoms with Gasteiger partial charge in [-0.1, -0.05) is 0 Å². The molecule has 30 heavy (non-hydrogen) atoms. The normalized spacial score (nSPS) is 13.8. The van der Waals surface area contributed by atoms with Crippen LogP contribution in [0.2, 0.25) is 0 Å². The fraction of sp³-hybridized carbons (Fsp3) is 0.222. The van der Waals surface area contributed by atoms with Crippen LogP contribution in [-0.2, 0) is 9.84 Å². The van der Waals surface area contributed by atoms with Crippen LogP contribution in [0.1, 0.15) is 17.4 Å². The molecule has 2 N–H and O–H groups in total. The van der Waals surface area contributed by atoms with Gasteiger partial charge < -0.3 is 14.7 Å². The van der Waals surface area contributed by atoms with Crippen molar-refractivity contribution in [2.24, 2.45) is 0 Å². The summed E-state index contributed by atoms with van der Waals surface area (Å²) in [6.45, 7) is 1.40. The minimum Gasteiger partial charge on any atom is -0.458 e. The van der Waals surface area contributed by atoms with E-state index in [0.717, 1.165) is 18.4 Å². The number of furan rings is 1. The Balaban J connectivity index is 1.77. The molecule has 0 bridgehead atoms. The average Bonchev–Trinajstić information content (AvgIpc) is 3.18. The molecular weight excluding hydrogens is 428 g/mol. The fourth-order valence-electron chi connectivity index (χ4n) is 3.07. The van der Waals surface area contributed by atoms with E-state index in [1.54, 1.807) is 0 Å². The molecule has 1 atom stereocenters. The summed E-state index contributed by atoms with van der Waals surface area (Å²) in [5.41, 5.74) is 0.427. The maximum Gasteiger partial charge on any atom is 0.415 e. The first-order valence-electron chi connectivity index (χ1n) is 8.52. The molecule has 158 valence electrons. The van der Waals surface area contributed by atoms with Gasteiger partial charge in [0.1, 0.15) is 17.2 Å². The minimum atomic E-state index is -4.78. The summed E-state index contributed by atoms with van der Waals surface area (Å²) in [4.78, 5) is 10.4. The summed E-state index contributed by atoms with van der Waals surface area (Å²) in [5.74, 6) is -1.32. The Kier molecular flexibility index (Phi) is 4.49. The molecule has 3 aromatic heterocycles.